The number of carbonyl (C=O) groups is 1. The fourth-order valence-electron chi connectivity index (χ4n) is 1.75. The average Bonchev–Trinajstić information content (AvgIpc) is 2.26. The molecule has 0 bridgehead atoms. The first-order valence-corrected chi connectivity index (χ1v) is 5.78. The maximum absolute atomic E-state index is 11.7. The van der Waals surface area contributed by atoms with E-state index in [2.05, 4.69) is 40.3 Å². The van der Waals surface area contributed by atoms with Crippen LogP contribution in [0.25, 0.3) is 0 Å². The predicted molar refractivity (Wildman–Crippen MR) is 69.1 cm³/mol. The summed E-state index contributed by atoms with van der Waals surface area (Å²) in [6, 6.07) is 6.11. The number of allylic oxidation sites excluding steroid dienone is 1. The molecule has 0 radical (unpaired) electrons. The Balaban J connectivity index is 3.30. The molecule has 1 aromatic rings. The van der Waals surface area contributed by atoms with Gasteiger partial charge in [0.1, 0.15) is 0 Å². The van der Waals surface area contributed by atoms with Crippen LogP contribution in [-0.4, -0.2) is 5.78 Å². The minimum absolute atomic E-state index is 0.0130. The van der Waals surface area contributed by atoms with E-state index in [0.29, 0.717) is 11.8 Å². The number of carbonyl (C=O) groups excluding carboxylic acids is 1. The molecule has 0 atom stereocenters. The van der Waals surface area contributed by atoms with Crippen molar-refractivity contribution in [2.24, 2.45) is 0 Å². The van der Waals surface area contributed by atoms with Crippen LogP contribution >= 0.6 is 0 Å². The van der Waals surface area contributed by atoms with Crippen LogP contribution in [0, 0.1) is 0 Å². The van der Waals surface area contributed by atoms with Crippen LogP contribution in [0.5, 0.6) is 0 Å². The summed E-state index contributed by atoms with van der Waals surface area (Å²) in [4.78, 5) is 11.7. The van der Waals surface area contributed by atoms with Gasteiger partial charge < -0.3 is 0 Å². The van der Waals surface area contributed by atoms with Crippen LogP contribution in [-0.2, 0) is 0 Å². The van der Waals surface area contributed by atoms with E-state index in [9.17, 15) is 4.79 Å². The first kappa shape index (κ1) is 12.7. The summed E-state index contributed by atoms with van der Waals surface area (Å²) in [6.07, 6.45) is 1.39. The molecule has 0 aliphatic heterocycles. The van der Waals surface area contributed by atoms with Gasteiger partial charge in [0, 0.05) is 5.56 Å². The normalized spacial score (nSPS) is 10.9. The number of rotatable bonds is 4. The SMILES string of the molecule is C=CC(=O)c1ccc(C(C)C)cc1C(C)C. The molecule has 0 unspecified atom stereocenters. The van der Waals surface area contributed by atoms with Crippen molar-refractivity contribution in [1.82, 2.24) is 0 Å². The summed E-state index contributed by atoms with van der Waals surface area (Å²) in [5.74, 6) is 0.863. The summed E-state index contributed by atoms with van der Waals surface area (Å²) in [5, 5.41) is 0. The molecule has 1 nitrogen and oxygen atoms in total. The summed E-state index contributed by atoms with van der Waals surface area (Å²) in [7, 11) is 0. The van der Waals surface area contributed by atoms with E-state index in [4.69, 9.17) is 0 Å². The molecule has 0 aromatic heterocycles. The fraction of sp³-hybridized carbons (Fsp3) is 0.400. The van der Waals surface area contributed by atoms with Crippen LogP contribution in [0.4, 0.5) is 0 Å². The number of benzene rings is 1. The summed E-state index contributed by atoms with van der Waals surface area (Å²) in [5.41, 5.74) is 3.19. The van der Waals surface area contributed by atoms with Gasteiger partial charge in [0.05, 0.1) is 0 Å². The van der Waals surface area contributed by atoms with Gasteiger partial charge >= 0.3 is 0 Å². The van der Waals surface area contributed by atoms with Crippen molar-refractivity contribution >= 4 is 5.78 Å². The maximum atomic E-state index is 11.7. The zero-order valence-electron chi connectivity index (χ0n) is 10.6. The van der Waals surface area contributed by atoms with Crippen molar-refractivity contribution in [3.63, 3.8) is 0 Å². The first-order valence-electron chi connectivity index (χ1n) is 5.78. The lowest BCUT2D eigenvalue weighted by atomic mass is 9.90. The molecule has 0 spiro atoms. The van der Waals surface area contributed by atoms with Crippen LogP contribution in [0.3, 0.4) is 0 Å². The van der Waals surface area contributed by atoms with E-state index in [-0.39, 0.29) is 5.78 Å². The van der Waals surface area contributed by atoms with Crippen LogP contribution in [0.15, 0.2) is 30.9 Å². The molecule has 0 amide bonds. The number of hydrogen-bond donors (Lipinski definition) is 0. The highest BCUT2D eigenvalue weighted by molar-refractivity contribution is 6.05. The lowest BCUT2D eigenvalue weighted by Gasteiger charge is -2.14. The Morgan fingerprint density at radius 2 is 1.81 bits per heavy atom. The van der Waals surface area contributed by atoms with Gasteiger partial charge in [0.25, 0.3) is 0 Å². The van der Waals surface area contributed by atoms with Crippen LogP contribution in [0.1, 0.15) is 61.0 Å². The predicted octanol–water partition coefficient (Wildman–Crippen LogP) is 4.30. The third kappa shape index (κ3) is 2.60. The topological polar surface area (TPSA) is 17.1 Å². The van der Waals surface area contributed by atoms with Crippen molar-refractivity contribution in [2.75, 3.05) is 0 Å². The van der Waals surface area contributed by atoms with Gasteiger partial charge in [-0.1, -0.05) is 52.5 Å². The second kappa shape index (κ2) is 5.11. The molecular formula is C15H20O. The van der Waals surface area contributed by atoms with E-state index in [1.807, 2.05) is 12.1 Å². The van der Waals surface area contributed by atoms with Gasteiger partial charge in [0.2, 0.25) is 0 Å². The molecule has 16 heavy (non-hydrogen) atoms. The first-order chi connectivity index (χ1) is 7.47. The van der Waals surface area contributed by atoms with Gasteiger partial charge in [-0.05, 0) is 29.0 Å². The Labute approximate surface area is 98.2 Å². The molecule has 0 aliphatic rings. The smallest absolute Gasteiger partial charge is 0.185 e. The molecule has 1 heteroatoms. The molecular weight excluding hydrogens is 196 g/mol. The largest absolute Gasteiger partial charge is 0.289 e. The third-order valence-electron chi connectivity index (χ3n) is 2.82. The summed E-state index contributed by atoms with van der Waals surface area (Å²) in [6.45, 7) is 12.1. The summed E-state index contributed by atoms with van der Waals surface area (Å²) >= 11 is 0. The molecule has 86 valence electrons. The second-order valence-electron chi connectivity index (χ2n) is 4.72. The van der Waals surface area contributed by atoms with Gasteiger partial charge in [-0.15, -0.1) is 0 Å². The Hall–Kier alpha value is -1.37. The molecule has 1 aromatic carbocycles. The lowest BCUT2D eigenvalue weighted by Crippen LogP contribution is -2.04. The van der Waals surface area contributed by atoms with Gasteiger partial charge in [0.15, 0.2) is 5.78 Å². The third-order valence-corrected chi connectivity index (χ3v) is 2.82. The van der Waals surface area contributed by atoms with E-state index >= 15 is 0 Å². The van der Waals surface area contributed by atoms with E-state index in [1.165, 1.54) is 11.6 Å². The van der Waals surface area contributed by atoms with Crippen molar-refractivity contribution in [1.29, 1.82) is 0 Å². The van der Waals surface area contributed by atoms with Crippen LogP contribution in [0.2, 0.25) is 0 Å². The molecule has 0 aliphatic carbocycles. The van der Waals surface area contributed by atoms with Gasteiger partial charge in [-0.2, -0.15) is 0 Å². The maximum Gasteiger partial charge on any atom is 0.185 e. The zero-order valence-corrected chi connectivity index (χ0v) is 10.6. The highest BCUT2D eigenvalue weighted by Crippen LogP contribution is 2.25. The van der Waals surface area contributed by atoms with Gasteiger partial charge in [-0.3, -0.25) is 4.79 Å². The van der Waals surface area contributed by atoms with E-state index in [1.54, 1.807) is 0 Å². The van der Waals surface area contributed by atoms with Crippen molar-refractivity contribution in [3.05, 3.63) is 47.5 Å². The van der Waals surface area contributed by atoms with Gasteiger partial charge in [-0.25, -0.2) is 0 Å². The molecule has 0 N–H and O–H groups in total. The Kier molecular flexibility index (Phi) is 4.05. The van der Waals surface area contributed by atoms with Crippen molar-refractivity contribution < 1.29 is 4.79 Å². The highest BCUT2D eigenvalue weighted by atomic mass is 16.1. The molecule has 0 fully saturated rings. The van der Waals surface area contributed by atoms with E-state index in [0.717, 1.165) is 11.1 Å². The van der Waals surface area contributed by atoms with E-state index < -0.39 is 0 Å². The highest BCUT2D eigenvalue weighted by Gasteiger charge is 2.13. The van der Waals surface area contributed by atoms with Crippen LogP contribution < -0.4 is 0 Å². The minimum Gasteiger partial charge on any atom is -0.289 e. The number of hydrogen-bond acceptors (Lipinski definition) is 1. The van der Waals surface area contributed by atoms with Crippen molar-refractivity contribution in [3.8, 4) is 0 Å². The minimum atomic E-state index is 0.0130. The molecule has 0 saturated carbocycles. The Bertz CT molecular complexity index is 400. The van der Waals surface area contributed by atoms with Crippen molar-refractivity contribution in [2.45, 2.75) is 39.5 Å². The number of ketones is 1. The Morgan fingerprint density at radius 3 is 2.25 bits per heavy atom. The quantitative estimate of drug-likeness (QED) is 0.541. The standard InChI is InChI=1S/C15H20O/c1-6-15(16)13-8-7-12(10(2)3)9-14(13)11(4)5/h6-11H,1H2,2-5H3. The lowest BCUT2D eigenvalue weighted by molar-refractivity contribution is 0.104. The molecule has 1 rings (SSSR count). The zero-order chi connectivity index (χ0) is 12.3. The molecule has 0 saturated heterocycles. The molecule has 0 heterocycles. The monoisotopic (exact) mass is 216 g/mol. The Morgan fingerprint density at radius 1 is 1.19 bits per heavy atom. The fourth-order valence-corrected chi connectivity index (χ4v) is 1.75. The average molecular weight is 216 g/mol. The summed E-state index contributed by atoms with van der Waals surface area (Å²) < 4.78 is 0. The second-order valence-corrected chi connectivity index (χ2v) is 4.72.